The number of ether oxygens (including phenoxy) is 1. The second-order valence-electron chi connectivity index (χ2n) is 7.36. The molecule has 0 saturated carbocycles. The SMILES string of the molecule is Cc1ccc(C)c(N2CCN(CCCCOc3cnc(C)c(C)n3)CC2)n1. The summed E-state index contributed by atoms with van der Waals surface area (Å²) in [4.78, 5) is 18.4. The van der Waals surface area contributed by atoms with Gasteiger partial charge in [-0.2, -0.15) is 0 Å². The monoisotopic (exact) mass is 369 g/mol. The van der Waals surface area contributed by atoms with E-state index >= 15 is 0 Å². The van der Waals surface area contributed by atoms with Gasteiger partial charge in [0.1, 0.15) is 5.82 Å². The first-order valence-corrected chi connectivity index (χ1v) is 9.87. The Bertz CT molecular complexity index is 756. The zero-order valence-electron chi connectivity index (χ0n) is 17.0. The van der Waals surface area contributed by atoms with E-state index in [1.165, 1.54) is 5.56 Å². The molecule has 6 heteroatoms. The summed E-state index contributed by atoms with van der Waals surface area (Å²) in [5, 5.41) is 0. The van der Waals surface area contributed by atoms with Crippen LogP contribution in [0.2, 0.25) is 0 Å². The lowest BCUT2D eigenvalue weighted by Crippen LogP contribution is -2.47. The van der Waals surface area contributed by atoms with Gasteiger partial charge in [0.05, 0.1) is 24.2 Å². The molecule has 1 aliphatic heterocycles. The van der Waals surface area contributed by atoms with Gasteiger partial charge in [-0.1, -0.05) is 6.07 Å². The number of pyridine rings is 1. The van der Waals surface area contributed by atoms with Crippen molar-refractivity contribution in [2.45, 2.75) is 40.5 Å². The fourth-order valence-electron chi connectivity index (χ4n) is 3.32. The second-order valence-corrected chi connectivity index (χ2v) is 7.36. The van der Waals surface area contributed by atoms with Crippen molar-refractivity contribution in [2.75, 3.05) is 44.2 Å². The van der Waals surface area contributed by atoms with Crippen molar-refractivity contribution in [3.05, 3.63) is 41.0 Å². The van der Waals surface area contributed by atoms with Gasteiger partial charge in [0.15, 0.2) is 0 Å². The topological polar surface area (TPSA) is 54.4 Å². The van der Waals surface area contributed by atoms with Crippen LogP contribution in [-0.2, 0) is 0 Å². The van der Waals surface area contributed by atoms with Crippen molar-refractivity contribution in [1.29, 1.82) is 0 Å². The molecule has 0 amide bonds. The van der Waals surface area contributed by atoms with E-state index in [0.717, 1.165) is 68.5 Å². The van der Waals surface area contributed by atoms with Crippen LogP contribution in [0.4, 0.5) is 5.82 Å². The van der Waals surface area contributed by atoms with E-state index in [4.69, 9.17) is 9.72 Å². The summed E-state index contributed by atoms with van der Waals surface area (Å²) < 4.78 is 5.72. The normalized spacial score (nSPS) is 15.2. The van der Waals surface area contributed by atoms with Gasteiger partial charge in [0.25, 0.3) is 0 Å². The van der Waals surface area contributed by atoms with Crippen LogP contribution in [0.3, 0.4) is 0 Å². The summed E-state index contributed by atoms with van der Waals surface area (Å²) in [7, 11) is 0. The highest BCUT2D eigenvalue weighted by Gasteiger charge is 2.19. The molecule has 2 aromatic heterocycles. The minimum Gasteiger partial charge on any atom is -0.477 e. The van der Waals surface area contributed by atoms with Crippen LogP contribution in [0.5, 0.6) is 5.88 Å². The maximum absolute atomic E-state index is 5.72. The van der Waals surface area contributed by atoms with Crippen molar-refractivity contribution >= 4 is 5.82 Å². The van der Waals surface area contributed by atoms with Crippen LogP contribution in [0.15, 0.2) is 18.3 Å². The number of hydrogen-bond donors (Lipinski definition) is 0. The van der Waals surface area contributed by atoms with E-state index in [-0.39, 0.29) is 0 Å². The van der Waals surface area contributed by atoms with Crippen LogP contribution in [0.1, 0.15) is 35.5 Å². The van der Waals surface area contributed by atoms with E-state index < -0.39 is 0 Å². The van der Waals surface area contributed by atoms with Crippen LogP contribution < -0.4 is 9.64 Å². The molecule has 2 aromatic rings. The Kier molecular flexibility index (Phi) is 6.61. The zero-order valence-corrected chi connectivity index (χ0v) is 17.0. The molecule has 1 aliphatic rings. The van der Waals surface area contributed by atoms with E-state index in [2.05, 4.69) is 45.7 Å². The molecule has 1 fully saturated rings. The predicted molar refractivity (Wildman–Crippen MR) is 109 cm³/mol. The fourth-order valence-corrected chi connectivity index (χ4v) is 3.32. The summed E-state index contributed by atoms with van der Waals surface area (Å²) in [6.07, 6.45) is 3.89. The molecule has 146 valence electrons. The number of unbranched alkanes of at least 4 members (excludes halogenated alkanes) is 1. The van der Waals surface area contributed by atoms with Crippen LogP contribution in [-0.4, -0.2) is 59.2 Å². The zero-order chi connectivity index (χ0) is 19.2. The third-order valence-electron chi connectivity index (χ3n) is 5.17. The van der Waals surface area contributed by atoms with Crippen molar-refractivity contribution < 1.29 is 4.74 Å². The maximum atomic E-state index is 5.72. The highest BCUT2D eigenvalue weighted by Crippen LogP contribution is 2.19. The lowest BCUT2D eigenvalue weighted by Gasteiger charge is -2.36. The Balaban J connectivity index is 1.35. The summed E-state index contributed by atoms with van der Waals surface area (Å²) >= 11 is 0. The van der Waals surface area contributed by atoms with Gasteiger partial charge in [-0.25, -0.2) is 9.97 Å². The molecule has 6 nitrogen and oxygen atoms in total. The van der Waals surface area contributed by atoms with Crippen LogP contribution in [0.25, 0.3) is 0 Å². The second kappa shape index (κ2) is 9.13. The smallest absolute Gasteiger partial charge is 0.232 e. The molecule has 0 spiro atoms. The average Bonchev–Trinajstić information content (AvgIpc) is 2.67. The molecule has 0 aliphatic carbocycles. The number of hydrogen-bond acceptors (Lipinski definition) is 6. The van der Waals surface area contributed by atoms with Gasteiger partial charge >= 0.3 is 0 Å². The molecular formula is C21H31N5O. The fraction of sp³-hybridized carbons (Fsp3) is 0.571. The first-order chi connectivity index (χ1) is 13.0. The standard InChI is InChI=1S/C21H31N5O/c1-16-7-8-17(2)23-21(16)26-12-10-25(11-13-26)9-5-6-14-27-20-15-22-18(3)19(4)24-20/h7-8,15H,5-6,9-14H2,1-4H3. The van der Waals surface area contributed by atoms with E-state index in [1.54, 1.807) is 6.20 Å². The van der Waals surface area contributed by atoms with E-state index in [9.17, 15) is 0 Å². The number of aromatic nitrogens is 3. The molecule has 0 radical (unpaired) electrons. The highest BCUT2D eigenvalue weighted by atomic mass is 16.5. The molecule has 0 N–H and O–H groups in total. The summed E-state index contributed by atoms with van der Waals surface area (Å²) in [6, 6.07) is 4.25. The maximum Gasteiger partial charge on any atom is 0.232 e. The van der Waals surface area contributed by atoms with Crippen LogP contribution in [0, 0.1) is 27.7 Å². The largest absolute Gasteiger partial charge is 0.477 e. The number of aryl methyl sites for hydroxylation is 4. The van der Waals surface area contributed by atoms with E-state index in [1.807, 2.05) is 13.8 Å². The van der Waals surface area contributed by atoms with E-state index in [0.29, 0.717) is 12.5 Å². The van der Waals surface area contributed by atoms with Crippen molar-refractivity contribution in [1.82, 2.24) is 19.9 Å². The van der Waals surface area contributed by atoms with Crippen molar-refractivity contribution in [3.63, 3.8) is 0 Å². The quantitative estimate of drug-likeness (QED) is 0.699. The number of anilines is 1. The minimum absolute atomic E-state index is 0.632. The summed E-state index contributed by atoms with van der Waals surface area (Å²) in [5.74, 6) is 1.78. The van der Waals surface area contributed by atoms with Crippen molar-refractivity contribution in [3.8, 4) is 5.88 Å². The molecule has 0 atom stereocenters. The van der Waals surface area contributed by atoms with Gasteiger partial charge in [-0.3, -0.25) is 9.88 Å². The Morgan fingerprint density at radius 1 is 0.926 bits per heavy atom. The van der Waals surface area contributed by atoms with Crippen LogP contribution >= 0.6 is 0 Å². The molecule has 3 heterocycles. The Morgan fingerprint density at radius 2 is 1.70 bits per heavy atom. The predicted octanol–water partition coefficient (Wildman–Crippen LogP) is 3.09. The molecule has 3 rings (SSSR count). The van der Waals surface area contributed by atoms with Gasteiger partial charge in [0.2, 0.25) is 5.88 Å². The van der Waals surface area contributed by atoms with Gasteiger partial charge in [-0.05, 0) is 58.7 Å². The molecule has 0 unspecified atom stereocenters. The summed E-state index contributed by atoms with van der Waals surface area (Å²) in [5.41, 5.74) is 4.24. The lowest BCUT2D eigenvalue weighted by molar-refractivity contribution is 0.236. The Morgan fingerprint density at radius 3 is 2.44 bits per heavy atom. The molecule has 27 heavy (non-hydrogen) atoms. The van der Waals surface area contributed by atoms with Crippen molar-refractivity contribution in [2.24, 2.45) is 0 Å². The molecule has 1 saturated heterocycles. The van der Waals surface area contributed by atoms with Gasteiger partial charge in [0, 0.05) is 31.9 Å². The highest BCUT2D eigenvalue weighted by molar-refractivity contribution is 5.47. The first kappa shape index (κ1) is 19.5. The number of rotatable bonds is 7. The number of nitrogens with zero attached hydrogens (tertiary/aromatic N) is 5. The van der Waals surface area contributed by atoms with Gasteiger partial charge in [-0.15, -0.1) is 0 Å². The number of piperazine rings is 1. The lowest BCUT2D eigenvalue weighted by atomic mass is 10.2. The molecule has 0 bridgehead atoms. The first-order valence-electron chi connectivity index (χ1n) is 9.87. The molecular weight excluding hydrogens is 338 g/mol. The summed E-state index contributed by atoms with van der Waals surface area (Å²) in [6.45, 7) is 14.2. The van der Waals surface area contributed by atoms with Gasteiger partial charge < -0.3 is 9.64 Å². The third-order valence-corrected chi connectivity index (χ3v) is 5.17. The molecule has 0 aromatic carbocycles. The Hall–Kier alpha value is -2.21. The third kappa shape index (κ3) is 5.39. The minimum atomic E-state index is 0.632. The average molecular weight is 370 g/mol. The Labute approximate surface area is 162 Å².